The average molecular weight is 235 g/mol. The van der Waals surface area contributed by atoms with E-state index in [9.17, 15) is 13.2 Å². The van der Waals surface area contributed by atoms with E-state index < -0.39 is 12.7 Å². The molecular formula is C12H20F3N. The molecule has 0 N–H and O–H groups in total. The maximum absolute atomic E-state index is 12.3. The van der Waals surface area contributed by atoms with Gasteiger partial charge in [0.25, 0.3) is 0 Å². The summed E-state index contributed by atoms with van der Waals surface area (Å²) >= 11 is 0. The summed E-state index contributed by atoms with van der Waals surface area (Å²) in [5.41, 5.74) is 0.280. The summed E-state index contributed by atoms with van der Waals surface area (Å²) in [6.45, 7) is 7.17. The molecule has 0 amide bonds. The van der Waals surface area contributed by atoms with Crippen molar-refractivity contribution in [1.82, 2.24) is 4.90 Å². The lowest BCUT2D eigenvalue weighted by molar-refractivity contribution is -0.191. The van der Waals surface area contributed by atoms with Gasteiger partial charge in [-0.2, -0.15) is 13.2 Å². The summed E-state index contributed by atoms with van der Waals surface area (Å²) in [5.74, 6) is 1.51. The molecule has 4 heteroatoms. The van der Waals surface area contributed by atoms with Crippen molar-refractivity contribution in [2.45, 2.75) is 33.4 Å². The third-order valence-corrected chi connectivity index (χ3v) is 4.93. The summed E-state index contributed by atoms with van der Waals surface area (Å²) in [6.07, 6.45) is -2.92. The first-order chi connectivity index (χ1) is 7.23. The molecular weight excluding hydrogens is 215 g/mol. The van der Waals surface area contributed by atoms with Crippen LogP contribution in [0.2, 0.25) is 0 Å². The third kappa shape index (κ3) is 1.85. The Balaban J connectivity index is 1.97. The van der Waals surface area contributed by atoms with E-state index in [1.807, 2.05) is 0 Å². The van der Waals surface area contributed by atoms with E-state index in [0.29, 0.717) is 30.8 Å². The van der Waals surface area contributed by atoms with E-state index in [4.69, 9.17) is 0 Å². The summed E-state index contributed by atoms with van der Waals surface area (Å²) in [6, 6.07) is 0. The van der Waals surface area contributed by atoms with Crippen molar-refractivity contribution < 1.29 is 13.2 Å². The van der Waals surface area contributed by atoms with Crippen molar-refractivity contribution in [1.29, 1.82) is 0 Å². The average Bonchev–Trinajstić information content (AvgIpc) is 2.13. The Morgan fingerprint density at radius 1 is 1.25 bits per heavy atom. The molecule has 0 aromatic heterocycles. The molecule has 2 aliphatic heterocycles. The molecule has 3 aliphatic rings. The lowest BCUT2D eigenvalue weighted by atomic mass is 9.47. The fraction of sp³-hybridized carbons (Fsp3) is 1.00. The molecule has 1 nitrogen and oxygen atoms in total. The Morgan fingerprint density at radius 2 is 1.75 bits per heavy atom. The Labute approximate surface area is 95.0 Å². The normalized spacial score (nSPS) is 39.9. The van der Waals surface area contributed by atoms with Gasteiger partial charge in [0.2, 0.25) is 0 Å². The van der Waals surface area contributed by atoms with Gasteiger partial charge in [0, 0.05) is 13.1 Å². The first-order valence-electron chi connectivity index (χ1n) is 6.02. The van der Waals surface area contributed by atoms with Gasteiger partial charge in [-0.05, 0) is 29.6 Å². The molecule has 2 saturated heterocycles. The number of hydrogen-bond acceptors (Lipinski definition) is 1. The SMILES string of the molecule is CC(C)C1(C)C2CC1CN(CC(F)(F)F)C2. The van der Waals surface area contributed by atoms with Crippen LogP contribution in [0.25, 0.3) is 0 Å². The van der Waals surface area contributed by atoms with Crippen LogP contribution >= 0.6 is 0 Å². The standard InChI is InChI=1S/C12H20F3N/c1-8(2)11(3)9-4-10(11)6-16(5-9)7-12(13,14)15/h8-10H,4-7H2,1-3H3. The van der Waals surface area contributed by atoms with Gasteiger partial charge in [-0.3, -0.25) is 4.90 Å². The zero-order valence-electron chi connectivity index (χ0n) is 10.1. The largest absolute Gasteiger partial charge is 0.401 e. The molecule has 0 spiro atoms. The number of piperidine rings is 2. The van der Waals surface area contributed by atoms with Crippen molar-refractivity contribution in [2.75, 3.05) is 19.6 Å². The van der Waals surface area contributed by atoms with Crippen LogP contribution in [0.1, 0.15) is 27.2 Å². The molecule has 0 aromatic rings. The zero-order valence-corrected chi connectivity index (χ0v) is 10.1. The number of rotatable bonds is 2. The molecule has 2 atom stereocenters. The summed E-state index contributed by atoms with van der Waals surface area (Å²) in [5, 5.41) is 0. The highest BCUT2D eigenvalue weighted by Gasteiger charge is 2.57. The minimum absolute atomic E-state index is 0.280. The van der Waals surface area contributed by atoms with Crippen LogP contribution in [-0.4, -0.2) is 30.7 Å². The lowest BCUT2D eigenvalue weighted by Gasteiger charge is -2.63. The van der Waals surface area contributed by atoms with Crippen LogP contribution in [0.3, 0.4) is 0 Å². The van der Waals surface area contributed by atoms with E-state index in [0.717, 1.165) is 6.42 Å². The Morgan fingerprint density at radius 3 is 2.12 bits per heavy atom. The highest BCUT2D eigenvalue weighted by atomic mass is 19.4. The molecule has 3 rings (SSSR count). The molecule has 94 valence electrons. The van der Waals surface area contributed by atoms with Crippen molar-refractivity contribution in [2.24, 2.45) is 23.2 Å². The van der Waals surface area contributed by atoms with Gasteiger partial charge in [-0.1, -0.05) is 20.8 Å². The monoisotopic (exact) mass is 235 g/mol. The second-order valence-electron chi connectivity index (χ2n) is 5.96. The quantitative estimate of drug-likeness (QED) is 0.710. The maximum atomic E-state index is 12.3. The Bertz CT molecular complexity index is 260. The van der Waals surface area contributed by atoms with Gasteiger partial charge < -0.3 is 0 Å². The molecule has 3 fully saturated rings. The summed E-state index contributed by atoms with van der Waals surface area (Å²) in [7, 11) is 0. The topological polar surface area (TPSA) is 3.24 Å². The highest BCUT2D eigenvalue weighted by molar-refractivity contribution is 5.06. The molecule has 2 bridgehead atoms. The van der Waals surface area contributed by atoms with E-state index in [2.05, 4.69) is 20.8 Å². The fourth-order valence-corrected chi connectivity index (χ4v) is 3.59. The molecule has 16 heavy (non-hydrogen) atoms. The van der Waals surface area contributed by atoms with Crippen molar-refractivity contribution in [3.05, 3.63) is 0 Å². The lowest BCUT2D eigenvalue weighted by Crippen LogP contribution is -2.63. The smallest absolute Gasteiger partial charge is 0.294 e. The number of nitrogens with zero attached hydrogens (tertiary/aromatic N) is 1. The Kier molecular flexibility index (Phi) is 2.76. The van der Waals surface area contributed by atoms with Crippen LogP contribution in [0.4, 0.5) is 13.2 Å². The highest BCUT2D eigenvalue weighted by Crippen LogP contribution is 2.59. The first-order valence-corrected chi connectivity index (χ1v) is 6.02. The van der Waals surface area contributed by atoms with Gasteiger partial charge in [0.05, 0.1) is 6.54 Å². The predicted octanol–water partition coefficient (Wildman–Crippen LogP) is 3.16. The number of alkyl halides is 3. The minimum atomic E-state index is -4.04. The van der Waals surface area contributed by atoms with Gasteiger partial charge in [-0.25, -0.2) is 0 Å². The molecule has 0 aromatic carbocycles. The fourth-order valence-electron chi connectivity index (χ4n) is 3.59. The number of halogens is 3. The van der Waals surface area contributed by atoms with Crippen LogP contribution in [0, 0.1) is 23.2 Å². The van der Waals surface area contributed by atoms with Gasteiger partial charge in [0.1, 0.15) is 0 Å². The van der Waals surface area contributed by atoms with E-state index >= 15 is 0 Å². The van der Waals surface area contributed by atoms with Crippen molar-refractivity contribution in [3.8, 4) is 0 Å². The molecule has 2 heterocycles. The van der Waals surface area contributed by atoms with Crippen LogP contribution < -0.4 is 0 Å². The molecule has 1 saturated carbocycles. The van der Waals surface area contributed by atoms with Crippen molar-refractivity contribution in [3.63, 3.8) is 0 Å². The third-order valence-electron chi connectivity index (χ3n) is 4.93. The van der Waals surface area contributed by atoms with E-state index in [-0.39, 0.29) is 5.41 Å². The van der Waals surface area contributed by atoms with Crippen LogP contribution in [-0.2, 0) is 0 Å². The molecule has 1 aliphatic carbocycles. The second-order valence-corrected chi connectivity index (χ2v) is 5.96. The van der Waals surface area contributed by atoms with E-state index in [1.165, 1.54) is 0 Å². The van der Waals surface area contributed by atoms with E-state index in [1.54, 1.807) is 4.90 Å². The van der Waals surface area contributed by atoms with Crippen LogP contribution in [0.15, 0.2) is 0 Å². The summed E-state index contributed by atoms with van der Waals surface area (Å²) in [4.78, 5) is 1.59. The second kappa shape index (κ2) is 3.62. The molecule has 2 unspecified atom stereocenters. The summed E-state index contributed by atoms with van der Waals surface area (Å²) < 4.78 is 36.9. The van der Waals surface area contributed by atoms with Gasteiger partial charge in [-0.15, -0.1) is 0 Å². The number of hydrogen-bond donors (Lipinski definition) is 0. The predicted molar refractivity (Wildman–Crippen MR) is 57.0 cm³/mol. The molecule has 0 radical (unpaired) electrons. The van der Waals surface area contributed by atoms with Gasteiger partial charge >= 0.3 is 6.18 Å². The van der Waals surface area contributed by atoms with Crippen molar-refractivity contribution >= 4 is 0 Å². The zero-order chi connectivity index (χ0) is 12.1. The maximum Gasteiger partial charge on any atom is 0.401 e. The Hall–Kier alpha value is -0.250. The number of fused-ring (bicyclic) bond motifs is 2. The van der Waals surface area contributed by atoms with Gasteiger partial charge in [0.15, 0.2) is 0 Å². The first kappa shape index (κ1) is 12.2. The van der Waals surface area contributed by atoms with Crippen LogP contribution in [0.5, 0.6) is 0 Å². The minimum Gasteiger partial charge on any atom is -0.294 e.